The van der Waals surface area contributed by atoms with Gasteiger partial charge in [0.25, 0.3) is 5.91 Å². The molecule has 6 nitrogen and oxygen atoms in total. The number of ether oxygens (including phenoxy) is 2. The van der Waals surface area contributed by atoms with E-state index in [1.165, 1.54) is 11.0 Å². The molecule has 0 aliphatic rings. The van der Waals surface area contributed by atoms with Crippen LogP contribution in [0.3, 0.4) is 0 Å². The molecule has 3 aromatic carbocycles. The summed E-state index contributed by atoms with van der Waals surface area (Å²) in [6.45, 7) is 1.79. The summed E-state index contributed by atoms with van der Waals surface area (Å²) in [5.74, 6) is -2.47. The van der Waals surface area contributed by atoms with Crippen molar-refractivity contribution in [3.8, 4) is 5.75 Å². The molecular formula is C27H26ClF2NO5. The number of hydrogen-bond acceptors (Lipinski definition) is 4. The van der Waals surface area contributed by atoms with E-state index in [9.17, 15) is 23.5 Å². The summed E-state index contributed by atoms with van der Waals surface area (Å²) in [5, 5.41) is 9.78. The van der Waals surface area contributed by atoms with Crippen LogP contribution < -0.4 is 4.74 Å². The maximum atomic E-state index is 14.3. The topological polar surface area (TPSA) is 76.1 Å². The van der Waals surface area contributed by atoms with E-state index < -0.39 is 29.6 Å². The fourth-order valence-corrected chi connectivity index (χ4v) is 3.61. The summed E-state index contributed by atoms with van der Waals surface area (Å²) in [6, 6.07) is 16.8. The first kappa shape index (κ1) is 27.1. The van der Waals surface area contributed by atoms with Crippen molar-refractivity contribution in [2.45, 2.75) is 32.5 Å². The zero-order valence-corrected chi connectivity index (χ0v) is 20.4. The Bertz CT molecular complexity index is 1170. The smallest absolute Gasteiger partial charge is 0.333 e. The molecule has 0 heterocycles. The van der Waals surface area contributed by atoms with Gasteiger partial charge in [-0.3, -0.25) is 4.79 Å². The summed E-state index contributed by atoms with van der Waals surface area (Å²) in [7, 11) is 0. The molecule has 190 valence electrons. The Kier molecular flexibility index (Phi) is 9.78. The van der Waals surface area contributed by atoms with E-state index in [0.717, 1.165) is 23.3 Å². The molecular weight excluding hydrogens is 492 g/mol. The predicted molar refractivity (Wildman–Crippen MR) is 131 cm³/mol. The van der Waals surface area contributed by atoms with Gasteiger partial charge in [-0.15, -0.1) is 0 Å². The molecule has 0 fully saturated rings. The summed E-state index contributed by atoms with van der Waals surface area (Å²) in [5.41, 5.74) is 1.69. The van der Waals surface area contributed by atoms with Crippen molar-refractivity contribution in [1.82, 2.24) is 4.90 Å². The molecule has 3 rings (SSSR count). The number of amides is 1. The normalized spacial score (nSPS) is 11.7. The van der Waals surface area contributed by atoms with E-state index in [-0.39, 0.29) is 38.3 Å². The lowest BCUT2D eigenvalue weighted by Crippen LogP contribution is -2.34. The largest absolute Gasteiger partial charge is 0.484 e. The fraction of sp³-hybridized carbons (Fsp3) is 0.259. The fourth-order valence-electron chi connectivity index (χ4n) is 3.49. The highest BCUT2D eigenvalue weighted by Gasteiger charge is 2.19. The first-order chi connectivity index (χ1) is 17.2. The predicted octanol–water partition coefficient (Wildman–Crippen LogP) is 5.26. The molecule has 0 radical (unpaired) electrons. The van der Waals surface area contributed by atoms with E-state index in [1.54, 1.807) is 55.5 Å². The van der Waals surface area contributed by atoms with Crippen molar-refractivity contribution < 1.29 is 33.0 Å². The van der Waals surface area contributed by atoms with Crippen LogP contribution in [0.4, 0.5) is 8.78 Å². The molecule has 0 aromatic heterocycles. The maximum Gasteiger partial charge on any atom is 0.333 e. The first-order valence-electron chi connectivity index (χ1n) is 11.3. The maximum absolute atomic E-state index is 14.3. The Balaban J connectivity index is 1.67. The average Bonchev–Trinajstić information content (AvgIpc) is 2.85. The molecule has 1 N–H and O–H groups in total. The minimum absolute atomic E-state index is 0.0795. The Morgan fingerprint density at radius 2 is 1.64 bits per heavy atom. The van der Waals surface area contributed by atoms with Crippen molar-refractivity contribution in [1.29, 1.82) is 0 Å². The van der Waals surface area contributed by atoms with Crippen LogP contribution in [-0.4, -0.2) is 41.2 Å². The van der Waals surface area contributed by atoms with E-state index >= 15 is 0 Å². The van der Waals surface area contributed by atoms with Crippen LogP contribution in [0.15, 0.2) is 66.7 Å². The standard InChI is InChI=1S/C27H26ClF2NO5/c1-2-35-25(27(33)34)13-18-5-11-23(12-6-18)36-17-26(32)31(15-19-3-8-21(28)9-4-19)16-20-7-10-22(29)14-24(20)30/h3-12,14,25H,2,13,15-17H2,1H3,(H,33,34)/t25-/m0/s1. The van der Waals surface area contributed by atoms with E-state index in [1.807, 2.05) is 0 Å². The quantitative estimate of drug-likeness (QED) is 0.355. The molecule has 0 saturated carbocycles. The van der Waals surface area contributed by atoms with Gasteiger partial charge in [0.05, 0.1) is 0 Å². The summed E-state index contributed by atoms with van der Waals surface area (Å²) in [4.78, 5) is 25.7. The molecule has 0 spiro atoms. The third-order valence-electron chi connectivity index (χ3n) is 5.37. The second-order valence-electron chi connectivity index (χ2n) is 8.03. The molecule has 1 amide bonds. The Morgan fingerprint density at radius 3 is 2.25 bits per heavy atom. The molecule has 0 saturated heterocycles. The monoisotopic (exact) mass is 517 g/mol. The van der Waals surface area contributed by atoms with Gasteiger partial charge >= 0.3 is 5.97 Å². The van der Waals surface area contributed by atoms with Crippen molar-refractivity contribution in [3.63, 3.8) is 0 Å². The lowest BCUT2D eigenvalue weighted by Gasteiger charge is -2.23. The number of benzene rings is 3. The number of carboxylic acid groups (broad SMARTS) is 1. The third-order valence-corrected chi connectivity index (χ3v) is 5.62. The van der Waals surface area contributed by atoms with Crippen LogP contribution in [-0.2, 0) is 33.8 Å². The van der Waals surface area contributed by atoms with E-state index in [4.69, 9.17) is 21.1 Å². The lowest BCUT2D eigenvalue weighted by molar-refractivity contribution is -0.150. The third kappa shape index (κ3) is 8.03. The Morgan fingerprint density at radius 1 is 0.972 bits per heavy atom. The molecule has 9 heteroatoms. The molecule has 1 atom stereocenters. The van der Waals surface area contributed by atoms with Crippen molar-refractivity contribution in [2.75, 3.05) is 13.2 Å². The van der Waals surface area contributed by atoms with Crippen molar-refractivity contribution >= 4 is 23.5 Å². The van der Waals surface area contributed by atoms with Gasteiger partial charge < -0.3 is 19.5 Å². The number of nitrogens with zero attached hydrogens (tertiary/aromatic N) is 1. The van der Waals surface area contributed by atoms with E-state index in [2.05, 4.69) is 0 Å². The molecule has 0 aliphatic heterocycles. The second kappa shape index (κ2) is 13.0. The highest BCUT2D eigenvalue weighted by molar-refractivity contribution is 6.30. The number of rotatable bonds is 12. The van der Waals surface area contributed by atoms with E-state index in [0.29, 0.717) is 10.8 Å². The molecule has 0 unspecified atom stereocenters. The zero-order valence-electron chi connectivity index (χ0n) is 19.6. The highest BCUT2D eigenvalue weighted by atomic mass is 35.5. The Hall–Kier alpha value is -3.49. The summed E-state index contributed by atoms with van der Waals surface area (Å²) < 4.78 is 38.5. The Labute approximate surface area is 213 Å². The van der Waals surface area contributed by atoms with Gasteiger partial charge in [-0.1, -0.05) is 41.9 Å². The van der Waals surface area contributed by atoms with Crippen LogP contribution in [0.1, 0.15) is 23.6 Å². The first-order valence-corrected chi connectivity index (χ1v) is 11.6. The van der Waals surface area contributed by atoms with Crippen LogP contribution in [0.5, 0.6) is 5.75 Å². The van der Waals surface area contributed by atoms with Crippen LogP contribution in [0, 0.1) is 11.6 Å². The van der Waals surface area contributed by atoms with Crippen molar-refractivity contribution in [2.24, 2.45) is 0 Å². The number of hydrogen-bond donors (Lipinski definition) is 1. The minimum atomic E-state index is -1.04. The second-order valence-corrected chi connectivity index (χ2v) is 8.47. The molecule has 0 bridgehead atoms. The number of carbonyl (C=O) groups is 2. The van der Waals surface area contributed by atoms with Gasteiger partial charge in [0.1, 0.15) is 17.4 Å². The van der Waals surface area contributed by atoms with Gasteiger partial charge in [-0.25, -0.2) is 13.6 Å². The van der Waals surface area contributed by atoms with Gasteiger partial charge in [0, 0.05) is 42.8 Å². The summed E-state index contributed by atoms with van der Waals surface area (Å²) in [6.07, 6.45) is -0.753. The average molecular weight is 518 g/mol. The van der Waals surface area contributed by atoms with Gasteiger partial charge in [-0.05, 0) is 48.4 Å². The van der Waals surface area contributed by atoms with Gasteiger partial charge in [-0.2, -0.15) is 0 Å². The number of carboxylic acids is 1. The van der Waals surface area contributed by atoms with Gasteiger partial charge in [0.15, 0.2) is 12.7 Å². The van der Waals surface area contributed by atoms with Crippen LogP contribution >= 0.6 is 11.6 Å². The number of aliphatic carboxylic acids is 1. The van der Waals surface area contributed by atoms with Crippen molar-refractivity contribution in [3.05, 3.63) is 100 Å². The van der Waals surface area contributed by atoms with Crippen LogP contribution in [0.2, 0.25) is 5.02 Å². The lowest BCUT2D eigenvalue weighted by atomic mass is 10.1. The SMILES string of the molecule is CCO[C@@H](Cc1ccc(OCC(=O)N(Cc2ccc(Cl)cc2)Cc2ccc(F)cc2F)cc1)C(=O)O. The van der Waals surface area contributed by atoms with Gasteiger partial charge in [0.2, 0.25) is 0 Å². The number of halogens is 3. The molecule has 36 heavy (non-hydrogen) atoms. The molecule has 3 aromatic rings. The number of carbonyl (C=O) groups excluding carboxylic acids is 1. The minimum Gasteiger partial charge on any atom is -0.484 e. The highest BCUT2D eigenvalue weighted by Crippen LogP contribution is 2.18. The van der Waals surface area contributed by atoms with Crippen LogP contribution in [0.25, 0.3) is 0 Å². The molecule has 0 aliphatic carbocycles. The zero-order chi connectivity index (χ0) is 26.1. The summed E-state index contributed by atoms with van der Waals surface area (Å²) >= 11 is 5.94.